The van der Waals surface area contributed by atoms with Crippen molar-refractivity contribution in [3.05, 3.63) is 0 Å². The minimum absolute atomic E-state index is 0.586. The van der Waals surface area contributed by atoms with Crippen molar-refractivity contribution in [3.63, 3.8) is 0 Å². The van der Waals surface area contributed by atoms with Crippen molar-refractivity contribution in [3.8, 4) is 0 Å². The molecule has 0 aromatic carbocycles. The molecule has 96 valence electrons. The summed E-state index contributed by atoms with van der Waals surface area (Å²) in [4.78, 5) is 0. The van der Waals surface area contributed by atoms with E-state index in [1.165, 1.54) is 77.0 Å². The Hall–Kier alpha value is -0.0400. The Balaban J connectivity index is 1.84. The zero-order valence-corrected chi connectivity index (χ0v) is 11.3. The molecule has 0 spiro atoms. The van der Waals surface area contributed by atoms with Gasteiger partial charge in [0.1, 0.15) is 0 Å². The highest BCUT2D eigenvalue weighted by Gasteiger charge is 2.34. The van der Waals surface area contributed by atoms with Gasteiger partial charge in [-0.15, -0.1) is 0 Å². The normalized spacial score (nSPS) is 18.4. The second kappa shape index (κ2) is 8.11. The zero-order chi connectivity index (χ0) is 11.7. The molecule has 2 N–H and O–H groups in total. The molecular weight excluding hydrogens is 194 g/mol. The van der Waals surface area contributed by atoms with E-state index in [0.717, 1.165) is 6.54 Å². The molecule has 0 unspecified atom stereocenters. The summed E-state index contributed by atoms with van der Waals surface area (Å²) in [6, 6.07) is 0. The Kier molecular flexibility index (Phi) is 7.11. The SMILES string of the molecule is CCCCCCCCCCC1(CN)CCC1. The van der Waals surface area contributed by atoms with Gasteiger partial charge in [0, 0.05) is 0 Å². The van der Waals surface area contributed by atoms with Crippen molar-refractivity contribution in [2.45, 2.75) is 84.0 Å². The fourth-order valence-electron chi connectivity index (χ4n) is 2.87. The highest BCUT2D eigenvalue weighted by Crippen LogP contribution is 2.44. The van der Waals surface area contributed by atoms with E-state index in [2.05, 4.69) is 6.92 Å². The van der Waals surface area contributed by atoms with Crippen LogP contribution in [0.25, 0.3) is 0 Å². The van der Waals surface area contributed by atoms with E-state index in [0.29, 0.717) is 5.41 Å². The van der Waals surface area contributed by atoms with Crippen LogP contribution in [0.1, 0.15) is 84.0 Å². The quantitative estimate of drug-likeness (QED) is 0.538. The third kappa shape index (κ3) is 4.86. The highest BCUT2D eigenvalue weighted by atomic mass is 14.6. The lowest BCUT2D eigenvalue weighted by Crippen LogP contribution is -2.37. The molecule has 1 saturated carbocycles. The monoisotopic (exact) mass is 225 g/mol. The molecule has 1 rings (SSSR count). The van der Waals surface area contributed by atoms with E-state index in [9.17, 15) is 0 Å². The first-order valence-electron chi connectivity index (χ1n) is 7.53. The van der Waals surface area contributed by atoms with Crippen LogP contribution in [0.3, 0.4) is 0 Å². The molecule has 1 fully saturated rings. The van der Waals surface area contributed by atoms with Crippen LogP contribution in [0.5, 0.6) is 0 Å². The van der Waals surface area contributed by atoms with E-state index in [-0.39, 0.29) is 0 Å². The Morgan fingerprint density at radius 1 is 0.875 bits per heavy atom. The molecule has 1 heteroatoms. The van der Waals surface area contributed by atoms with Gasteiger partial charge in [0.25, 0.3) is 0 Å². The fraction of sp³-hybridized carbons (Fsp3) is 1.00. The molecule has 0 radical (unpaired) electrons. The molecule has 0 atom stereocenters. The van der Waals surface area contributed by atoms with Crippen LogP contribution in [0.2, 0.25) is 0 Å². The Labute approximate surface area is 102 Å². The highest BCUT2D eigenvalue weighted by molar-refractivity contribution is 4.88. The lowest BCUT2D eigenvalue weighted by molar-refractivity contribution is 0.126. The van der Waals surface area contributed by atoms with E-state index < -0.39 is 0 Å². The maximum atomic E-state index is 5.86. The zero-order valence-electron chi connectivity index (χ0n) is 11.3. The number of unbranched alkanes of at least 4 members (excludes halogenated alkanes) is 7. The Morgan fingerprint density at radius 2 is 1.44 bits per heavy atom. The molecule has 0 aromatic rings. The smallest absolute Gasteiger partial charge is 0.00205 e. The summed E-state index contributed by atoms with van der Waals surface area (Å²) in [5.74, 6) is 0. The molecule has 0 amide bonds. The van der Waals surface area contributed by atoms with Crippen molar-refractivity contribution < 1.29 is 0 Å². The van der Waals surface area contributed by atoms with Gasteiger partial charge in [-0.05, 0) is 31.2 Å². The molecule has 1 aliphatic carbocycles. The standard InChI is InChI=1S/C15H31N/c1-2-3-4-5-6-7-8-9-11-15(14-16)12-10-13-15/h2-14,16H2,1H3. The summed E-state index contributed by atoms with van der Waals surface area (Å²) in [5.41, 5.74) is 6.45. The predicted molar refractivity (Wildman–Crippen MR) is 72.6 cm³/mol. The van der Waals surface area contributed by atoms with Gasteiger partial charge in [0.2, 0.25) is 0 Å². The van der Waals surface area contributed by atoms with Gasteiger partial charge < -0.3 is 5.73 Å². The van der Waals surface area contributed by atoms with Crippen molar-refractivity contribution in [2.75, 3.05) is 6.54 Å². The predicted octanol–water partition coefficient (Wildman–Crippen LogP) is 4.65. The lowest BCUT2D eigenvalue weighted by Gasteiger charge is -2.41. The average Bonchev–Trinajstić information content (AvgIpc) is 2.25. The van der Waals surface area contributed by atoms with Gasteiger partial charge in [-0.1, -0.05) is 64.7 Å². The van der Waals surface area contributed by atoms with E-state index in [1.807, 2.05) is 0 Å². The maximum absolute atomic E-state index is 5.86. The topological polar surface area (TPSA) is 26.0 Å². The van der Waals surface area contributed by atoms with E-state index in [1.54, 1.807) is 0 Å². The molecular formula is C15H31N. The molecule has 1 nitrogen and oxygen atoms in total. The van der Waals surface area contributed by atoms with Crippen LogP contribution in [0.15, 0.2) is 0 Å². The third-order valence-electron chi connectivity index (χ3n) is 4.41. The van der Waals surface area contributed by atoms with Gasteiger partial charge in [0.15, 0.2) is 0 Å². The van der Waals surface area contributed by atoms with Gasteiger partial charge in [-0.2, -0.15) is 0 Å². The summed E-state index contributed by atoms with van der Waals surface area (Å²) in [6.07, 6.45) is 17.1. The molecule has 0 bridgehead atoms. The van der Waals surface area contributed by atoms with Crippen molar-refractivity contribution in [1.29, 1.82) is 0 Å². The number of nitrogens with two attached hydrogens (primary N) is 1. The summed E-state index contributed by atoms with van der Waals surface area (Å²) >= 11 is 0. The molecule has 0 aromatic heterocycles. The largest absolute Gasteiger partial charge is 0.330 e. The average molecular weight is 225 g/mol. The minimum atomic E-state index is 0.586. The first-order valence-corrected chi connectivity index (χ1v) is 7.53. The Morgan fingerprint density at radius 3 is 1.88 bits per heavy atom. The van der Waals surface area contributed by atoms with Gasteiger partial charge >= 0.3 is 0 Å². The van der Waals surface area contributed by atoms with Crippen LogP contribution in [0, 0.1) is 5.41 Å². The molecule has 1 aliphatic rings. The first kappa shape index (κ1) is 14.0. The van der Waals surface area contributed by atoms with Crippen LogP contribution < -0.4 is 5.73 Å². The number of rotatable bonds is 10. The van der Waals surface area contributed by atoms with Crippen LogP contribution in [-0.2, 0) is 0 Å². The molecule has 0 aliphatic heterocycles. The van der Waals surface area contributed by atoms with Crippen LogP contribution in [0.4, 0.5) is 0 Å². The second-order valence-corrected chi connectivity index (χ2v) is 5.78. The summed E-state index contributed by atoms with van der Waals surface area (Å²) in [5, 5.41) is 0. The first-order chi connectivity index (χ1) is 7.83. The summed E-state index contributed by atoms with van der Waals surface area (Å²) < 4.78 is 0. The van der Waals surface area contributed by atoms with Gasteiger partial charge in [0.05, 0.1) is 0 Å². The molecule has 0 saturated heterocycles. The van der Waals surface area contributed by atoms with E-state index in [4.69, 9.17) is 5.73 Å². The van der Waals surface area contributed by atoms with Crippen molar-refractivity contribution in [2.24, 2.45) is 11.1 Å². The molecule has 16 heavy (non-hydrogen) atoms. The van der Waals surface area contributed by atoms with Gasteiger partial charge in [-0.3, -0.25) is 0 Å². The third-order valence-corrected chi connectivity index (χ3v) is 4.41. The minimum Gasteiger partial charge on any atom is -0.330 e. The fourth-order valence-corrected chi connectivity index (χ4v) is 2.87. The number of hydrogen-bond donors (Lipinski definition) is 1. The van der Waals surface area contributed by atoms with E-state index >= 15 is 0 Å². The summed E-state index contributed by atoms with van der Waals surface area (Å²) in [7, 11) is 0. The number of hydrogen-bond acceptors (Lipinski definition) is 1. The van der Waals surface area contributed by atoms with Crippen LogP contribution in [-0.4, -0.2) is 6.54 Å². The molecule has 0 heterocycles. The van der Waals surface area contributed by atoms with Crippen molar-refractivity contribution in [1.82, 2.24) is 0 Å². The summed E-state index contributed by atoms with van der Waals surface area (Å²) in [6.45, 7) is 3.22. The second-order valence-electron chi connectivity index (χ2n) is 5.78. The maximum Gasteiger partial charge on any atom is -0.00205 e. The van der Waals surface area contributed by atoms with Crippen molar-refractivity contribution >= 4 is 0 Å². The van der Waals surface area contributed by atoms with Gasteiger partial charge in [-0.25, -0.2) is 0 Å². The lowest BCUT2D eigenvalue weighted by atomic mass is 9.66. The Bertz CT molecular complexity index is 155. The van der Waals surface area contributed by atoms with Crippen LogP contribution >= 0.6 is 0 Å².